The van der Waals surface area contributed by atoms with Gasteiger partial charge in [0.15, 0.2) is 0 Å². The summed E-state index contributed by atoms with van der Waals surface area (Å²) >= 11 is 0. The summed E-state index contributed by atoms with van der Waals surface area (Å²) in [7, 11) is 0. The predicted octanol–water partition coefficient (Wildman–Crippen LogP) is 2.45. The van der Waals surface area contributed by atoms with E-state index in [-0.39, 0.29) is 18.0 Å². The van der Waals surface area contributed by atoms with Gasteiger partial charge in [-0.2, -0.15) is 0 Å². The summed E-state index contributed by atoms with van der Waals surface area (Å²) in [5.74, 6) is -0.570. The molecule has 0 aliphatic rings. The second-order valence-electron chi connectivity index (χ2n) is 3.86. The van der Waals surface area contributed by atoms with Crippen LogP contribution in [0.15, 0.2) is 0 Å². The number of carbonyl (C=O) groups is 2. The van der Waals surface area contributed by atoms with E-state index in [9.17, 15) is 9.59 Å². The molecule has 0 aliphatic carbocycles. The highest BCUT2D eigenvalue weighted by Gasteiger charge is 2.12. The first-order valence-electron chi connectivity index (χ1n) is 5.86. The molecule has 0 N–H and O–H groups in total. The molecular weight excluding hydrogens is 208 g/mol. The van der Waals surface area contributed by atoms with Crippen molar-refractivity contribution in [2.75, 3.05) is 6.61 Å². The summed E-state index contributed by atoms with van der Waals surface area (Å²) in [6.45, 7) is 5.22. The van der Waals surface area contributed by atoms with Crippen molar-refractivity contribution in [1.82, 2.24) is 0 Å². The van der Waals surface area contributed by atoms with Crippen LogP contribution in [0.1, 0.15) is 52.9 Å². The van der Waals surface area contributed by atoms with Crippen molar-refractivity contribution in [1.29, 1.82) is 0 Å². The second kappa shape index (κ2) is 9.19. The van der Waals surface area contributed by atoms with Crippen molar-refractivity contribution in [2.45, 2.75) is 59.0 Å². The molecule has 0 saturated heterocycles. The van der Waals surface area contributed by atoms with E-state index in [2.05, 4.69) is 6.92 Å². The fourth-order valence-electron chi connectivity index (χ4n) is 1.45. The van der Waals surface area contributed by atoms with E-state index in [1.165, 1.54) is 13.8 Å². The Morgan fingerprint density at radius 3 is 2.25 bits per heavy atom. The third kappa shape index (κ3) is 9.49. The summed E-state index contributed by atoms with van der Waals surface area (Å²) < 4.78 is 9.98. The zero-order chi connectivity index (χ0) is 12.4. The first kappa shape index (κ1) is 14.9. The molecule has 4 nitrogen and oxygen atoms in total. The molecule has 94 valence electrons. The molecule has 0 bridgehead atoms. The summed E-state index contributed by atoms with van der Waals surface area (Å²) in [5, 5.41) is 0. The molecule has 0 aromatic heterocycles. The minimum atomic E-state index is -0.296. The van der Waals surface area contributed by atoms with Crippen LogP contribution in [0.3, 0.4) is 0 Å². The topological polar surface area (TPSA) is 52.6 Å². The number of rotatable bonds is 8. The van der Waals surface area contributed by atoms with Gasteiger partial charge in [-0.05, 0) is 12.8 Å². The maximum Gasteiger partial charge on any atom is 0.302 e. The number of esters is 2. The molecule has 0 radical (unpaired) electrons. The summed E-state index contributed by atoms with van der Waals surface area (Å²) in [5.41, 5.74) is 0. The molecule has 0 heterocycles. The molecular formula is C12H22O4. The predicted molar refractivity (Wildman–Crippen MR) is 60.9 cm³/mol. The number of ether oxygens (including phenoxy) is 2. The van der Waals surface area contributed by atoms with E-state index in [0.717, 1.165) is 25.7 Å². The first-order chi connectivity index (χ1) is 7.56. The van der Waals surface area contributed by atoms with Crippen molar-refractivity contribution >= 4 is 11.9 Å². The molecule has 0 aromatic rings. The van der Waals surface area contributed by atoms with Gasteiger partial charge in [-0.3, -0.25) is 9.59 Å². The molecule has 0 aromatic carbocycles. The lowest BCUT2D eigenvalue weighted by Gasteiger charge is -2.16. The van der Waals surface area contributed by atoms with Gasteiger partial charge in [0.25, 0.3) is 0 Å². The van der Waals surface area contributed by atoms with Crippen molar-refractivity contribution in [2.24, 2.45) is 0 Å². The Morgan fingerprint density at radius 2 is 1.75 bits per heavy atom. The average Bonchev–Trinajstić information content (AvgIpc) is 2.16. The molecule has 1 atom stereocenters. The van der Waals surface area contributed by atoms with Crippen molar-refractivity contribution in [3.05, 3.63) is 0 Å². The molecule has 16 heavy (non-hydrogen) atoms. The van der Waals surface area contributed by atoms with Crippen LogP contribution in [-0.4, -0.2) is 24.6 Å². The molecule has 0 amide bonds. The minimum Gasteiger partial charge on any atom is -0.466 e. The minimum absolute atomic E-state index is 0.122. The Hall–Kier alpha value is -1.06. The Balaban J connectivity index is 3.80. The van der Waals surface area contributed by atoms with Crippen LogP contribution in [-0.2, 0) is 19.1 Å². The van der Waals surface area contributed by atoms with Crippen LogP contribution >= 0.6 is 0 Å². The smallest absolute Gasteiger partial charge is 0.302 e. The fraction of sp³-hybridized carbons (Fsp3) is 0.833. The lowest BCUT2D eigenvalue weighted by atomic mass is 10.1. The van der Waals surface area contributed by atoms with E-state index in [4.69, 9.17) is 9.47 Å². The van der Waals surface area contributed by atoms with Gasteiger partial charge in [-0.15, -0.1) is 0 Å². The standard InChI is InChI=1S/C12H22O4/c1-4-5-6-7-12(16-11(3)14)8-9-15-10(2)13/h12H,4-9H2,1-3H3. The Labute approximate surface area is 97.3 Å². The molecule has 0 rings (SSSR count). The lowest BCUT2D eigenvalue weighted by Crippen LogP contribution is -2.19. The van der Waals surface area contributed by atoms with E-state index < -0.39 is 0 Å². The van der Waals surface area contributed by atoms with Crippen LogP contribution in [0.2, 0.25) is 0 Å². The monoisotopic (exact) mass is 230 g/mol. The van der Waals surface area contributed by atoms with Gasteiger partial charge in [0.1, 0.15) is 6.10 Å². The SMILES string of the molecule is CCCCCC(CCOC(C)=O)OC(C)=O. The number of hydrogen-bond donors (Lipinski definition) is 0. The normalized spacial score (nSPS) is 11.9. The zero-order valence-corrected chi connectivity index (χ0v) is 10.5. The third-order valence-corrected chi connectivity index (χ3v) is 2.21. The highest BCUT2D eigenvalue weighted by molar-refractivity contribution is 5.66. The molecule has 0 saturated carbocycles. The van der Waals surface area contributed by atoms with E-state index in [0.29, 0.717) is 13.0 Å². The Kier molecular flexibility index (Phi) is 8.58. The summed E-state index contributed by atoms with van der Waals surface area (Å²) in [6, 6.07) is 0. The fourth-order valence-corrected chi connectivity index (χ4v) is 1.45. The molecule has 0 spiro atoms. The maximum absolute atomic E-state index is 10.9. The quantitative estimate of drug-likeness (QED) is 0.475. The lowest BCUT2D eigenvalue weighted by molar-refractivity contribution is -0.148. The van der Waals surface area contributed by atoms with Crippen LogP contribution < -0.4 is 0 Å². The molecule has 1 unspecified atom stereocenters. The number of hydrogen-bond acceptors (Lipinski definition) is 4. The first-order valence-corrected chi connectivity index (χ1v) is 5.86. The third-order valence-electron chi connectivity index (χ3n) is 2.21. The van der Waals surface area contributed by atoms with Crippen LogP contribution in [0.5, 0.6) is 0 Å². The molecule has 0 fully saturated rings. The van der Waals surface area contributed by atoms with Gasteiger partial charge >= 0.3 is 11.9 Å². The van der Waals surface area contributed by atoms with Gasteiger partial charge in [0, 0.05) is 20.3 Å². The largest absolute Gasteiger partial charge is 0.466 e. The summed E-state index contributed by atoms with van der Waals surface area (Å²) in [4.78, 5) is 21.4. The number of carbonyl (C=O) groups excluding carboxylic acids is 2. The maximum atomic E-state index is 10.9. The zero-order valence-electron chi connectivity index (χ0n) is 10.5. The highest BCUT2D eigenvalue weighted by atomic mass is 16.6. The van der Waals surface area contributed by atoms with E-state index in [1.54, 1.807) is 0 Å². The van der Waals surface area contributed by atoms with Crippen molar-refractivity contribution in [3.8, 4) is 0 Å². The molecule has 4 heteroatoms. The van der Waals surface area contributed by atoms with Gasteiger partial charge in [0.2, 0.25) is 0 Å². The van der Waals surface area contributed by atoms with Crippen LogP contribution in [0.25, 0.3) is 0 Å². The van der Waals surface area contributed by atoms with Crippen molar-refractivity contribution in [3.63, 3.8) is 0 Å². The highest BCUT2D eigenvalue weighted by Crippen LogP contribution is 2.10. The summed E-state index contributed by atoms with van der Waals surface area (Å²) in [6.07, 6.45) is 4.61. The number of unbranched alkanes of at least 4 members (excludes halogenated alkanes) is 2. The van der Waals surface area contributed by atoms with Gasteiger partial charge in [-0.25, -0.2) is 0 Å². The Bertz CT molecular complexity index is 213. The van der Waals surface area contributed by atoms with Gasteiger partial charge in [-0.1, -0.05) is 19.8 Å². The molecule has 0 aliphatic heterocycles. The van der Waals surface area contributed by atoms with E-state index in [1.807, 2.05) is 0 Å². The second-order valence-corrected chi connectivity index (χ2v) is 3.86. The average molecular weight is 230 g/mol. The van der Waals surface area contributed by atoms with Crippen LogP contribution in [0, 0.1) is 0 Å². The van der Waals surface area contributed by atoms with E-state index >= 15 is 0 Å². The van der Waals surface area contributed by atoms with Crippen molar-refractivity contribution < 1.29 is 19.1 Å². The van der Waals surface area contributed by atoms with Gasteiger partial charge < -0.3 is 9.47 Å². The van der Waals surface area contributed by atoms with Crippen LogP contribution in [0.4, 0.5) is 0 Å². The Morgan fingerprint density at radius 1 is 1.06 bits per heavy atom. The van der Waals surface area contributed by atoms with Gasteiger partial charge in [0.05, 0.1) is 6.61 Å².